The summed E-state index contributed by atoms with van der Waals surface area (Å²) >= 11 is 0. The zero-order valence-electron chi connectivity index (χ0n) is 19.8. The molecule has 4 rings (SSSR count). The van der Waals surface area contributed by atoms with E-state index in [1.165, 1.54) is 17.0 Å². The summed E-state index contributed by atoms with van der Waals surface area (Å²) < 4.78 is 27.9. The summed E-state index contributed by atoms with van der Waals surface area (Å²) in [5, 5.41) is 2.92. The van der Waals surface area contributed by atoms with Gasteiger partial charge in [0.25, 0.3) is 0 Å². The number of rotatable bonds is 7. The fourth-order valence-electron chi connectivity index (χ4n) is 4.36. The average molecular weight is 492 g/mol. The lowest BCUT2D eigenvalue weighted by Gasteiger charge is -2.46. The maximum absolute atomic E-state index is 13.7. The first-order chi connectivity index (χ1) is 16.8. The molecule has 1 heterocycles. The second kappa shape index (κ2) is 10.0. The van der Waals surface area contributed by atoms with Gasteiger partial charge in [-0.15, -0.1) is 0 Å². The Morgan fingerprint density at radius 1 is 0.943 bits per heavy atom. The van der Waals surface area contributed by atoms with E-state index in [9.17, 15) is 18.0 Å². The van der Waals surface area contributed by atoms with Crippen LogP contribution in [0.1, 0.15) is 25.0 Å². The Kier molecular flexibility index (Phi) is 7.05. The molecule has 8 heteroatoms. The van der Waals surface area contributed by atoms with Crippen molar-refractivity contribution in [1.29, 1.82) is 0 Å². The van der Waals surface area contributed by atoms with E-state index in [0.29, 0.717) is 5.69 Å². The fourth-order valence-corrected chi connectivity index (χ4v) is 5.87. The van der Waals surface area contributed by atoms with Gasteiger partial charge < -0.3 is 5.32 Å². The highest BCUT2D eigenvalue weighted by atomic mass is 32.2. The van der Waals surface area contributed by atoms with Gasteiger partial charge in [0.05, 0.1) is 11.4 Å². The second-order valence-electron chi connectivity index (χ2n) is 8.78. The highest BCUT2D eigenvalue weighted by molar-refractivity contribution is 7.89. The van der Waals surface area contributed by atoms with Gasteiger partial charge in [-0.1, -0.05) is 67.6 Å². The summed E-state index contributed by atoms with van der Waals surface area (Å²) in [6.07, 6.45) is 0.765. The fraction of sp³-hybridized carbons (Fsp3) is 0.259. The highest BCUT2D eigenvalue weighted by Crippen LogP contribution is 2.32. The van der Waals surface area contributed by atoms with Crippen molar-refractivity contribution in [3.63, 3.8) is 0 Å². The molecule has 7 nitrogen and oxygen atoms in total. The lowest BCUT2D eigenvalue weighted by molar-refractivity contribution is -0.133. The average Bonchev–Trinajstić information content (AvgIpc) is 2.88. The molecule has 3 aromatic carbocycles. The van der Waals surface area contributed by atoms with E-state index in [4.69, 9.17) is 0 Å². The van der Waals surface area contributed by atoms with Crippen molar-refractivity contribution in [3.8, 4) is 0 Å². The van der Waals surface area contributed by atoms with Gasteiger partial charge in [0.15, 0.2) is 0 Å². The van der Waals surface area contributed by atoms with Crippen LogP contribution >= 0.6 is 0 Å². The molecule has 1 N–H and O–H groups in total. The standard InChI is InChI=1S/C27H29N3O4S/c1-3-21-13-10-14-23(17-21)30-25(31)19-29(35(33,34)24-15-8-5-9-16-24)20-27(30,2)26(32)28-18-22-11-6-4-7-12-22/h4-17H,3,18-20H2,1-2H3,(H,28,32)/t27-/m0/s1. The van der Waals surface area contributed by atoms with E-state index in [0.717, 1.165) is 21.9 Å². The lowest BCUT2D eigenvalue weighted by Crippen LogP contribution is -2.70. The van der Waals surface area contributed by atoms with Gasteiger partial charge in [-0.25, -0.2) is 8.42 Å². The van der Waals surface area contributed by atoms with Gasteiger partial charge >= 0.3 is 0 Å². The maximum atomic E-state index is 13.7. The molecule has 35 heavy (non-hydrogen) atoms. The third-order valence-electron chi connectivity index (χ3n) is 6.28. The van der Waals surface area contributed by atoms with Gasteiger partial charge in [0.1, 0.15) is 5.54 Å². The molecule has 1 aliphatic rings. The molecule has 1 atom stereocenters. The summed E-state index contributed by atoms with van der Waals surface area (Å²) in [6, 6.07) is 24.9. The van der Waals surface area contributed by atoms with Crippen molar-refractivity contribution in [2.24, 2.45) is 0 Å². The number of carbonyl (C=O) groups is 2. The third-order valence-corrected chi connectivity index (χ3v) is 8.09. The first-order valence-electron chi connectivity index (χ1n) is 11.5. The Labute approximate surface area is 206 Å². The Bertz CT molecular complexity index is 1310. The molecule has 1 fully saturated rings. The molecule has 0 unspecified atom stereocenters. The van der Waals surface area contributed by atoms with Crippen LogP contribution in [-0.2, 0) is 32.6 Å². The Morgan fingerprint density at radius 3 is 2.23 bits per heavy atom. The van der Waals surface area contributed by atoms with E-state index in [-0.39, 0.29) is 24.5 Å². The molecule has 0 spiro atoms. The number of carbonyl (C=O) groups excluding carboxylic acids is 2. The molecule has 1 aliphatic heterocycles. The predicted octanol–water partition coefficient (Wildman–Crippen LogP) is 3.36. The number of sulfonamides is 1. The minimum Gasteiger partial charge on any atom is -0.350 e. The quantitative estimate of drug-likeness (QED) is 0.549. The summed E-state index contributed by atoms with van der Waals surface area (Å²) in [5.74, 6) is -0.883. The summed E-state index contributed by atoms with van der Waals surface area (Å²) in [4.78, 5) is 28.7. The minimum absolute atomic E-state index is 0.0845. The van der Waals surface area contributed by atoms with Crippen molar-refractivity contribution < 1.29 is 18.0 Å². The van der Waals surface area contributed by atoms with E-state index in [1.54, 1.807) is 31.2 Å². The number of anilines is 1. The van der Waals surface area contributed by atoms with Crippen LogP contribution in [0.25, 0.3) is 0 Å². The Morgan fingerprint density at radius 2 is 1.57 bits per heavy atom. The van der Waals surface area contributed by atoms with Crippen molar-refractivity contribution >= 4 is 27.5 Å². The van der Waals surface area contributed by atoms with Gasteiger partial charge in [0.2, 0.25) is 21.8 Å². The maximum Gasteiger partial charge on any atom is 0.247 e. The second-order valence-corrected chi connectivity index (χ2v) is 10.7. The smallest absolute Gasteiger partial charge is 0.247 e. The minimum atomic E-state index is -3.98. The summed E-state index contributed by atoms with van der Waals surface area (Å²) in [6.45, 7) is 3.37. The third kappa shape index (κ3) is 4.99. The van der Waals surface area contributed by atoms with E-state index < -0.39 is 27.4 Å². The first-order valence-corrected chi connectivity index (χ1v) is 13.0. The topological polar surface area (TPSA) is 86.8 Å². The number of nitrogens with zero attached hydrogens (tertiary/aromatic N) is 2. The molecule has 0 saturated carbocycles. The molecule has 182 valence electrons. The van der Waals surface area contributed by atoms with E-state index >= 15 is 0 Å². The van der Waals surface area contributed by atoms with Crippen LogP contribution in [0.3, 0.4) is 0 Å². The lowest BCUT2D eigenvalue weighted by atomic mass is 9.94. The van der Waals surface area contributed by atoms with Crippen molar-refractivity contribution in [2.75, 3.05) is 18.0 Å². The Hall–Kier alpha value is -3.49. The van der Waals surface area contributed by atoms with Gasteiger partial charge in [-0.2, -0.15) is 4.31 Å². The summed E-state index contributed by atoms with van der Waals surface area (Å²) in [7, 11) is -3.98. The number of benzene rings is 3. The molecule has 0 aliphatic carbocycles. The van der Waals surface area contributed by atoms with Crippen molar-refractivity contribution in [3.05, 3.63) is 96.1 Å². The molecule has 0 bridgehead atoms. The highest BCUT2D eigenvalue weighted by Gasteiger charge is 2.51. The van der Waals surface area contributed by atoms with Crippen LogP contribution in [0.15, 0.2) is 89.8 Å². The van der Waals surface area contributed by atoms with Crippen molar-refractivity contribution in [1.82, 2.24) is 9.62 Å². The van der Waals surface area contributed by atoms with Crippen LogP contribution in [0, 0.1) is 0 Å². The first kappa shape index (κ1) is 24.6. The van der Waals surface area contributed by atoms with Gasteiger partial charge in [-0.3, -0.25) is 14.5 Å². The van der Waals surface area contributed by atoms with Gasteiger partial charge in [-0.05, 0) is 48.7 Å². The predicted molar refractivity (Wildman–Crippen MR) is 135 cm³/mol. The molecular weight excluding hydrogens is 462 g/mol. The molecule has 0 aromatic heterocycles. The largest absolute Gasteiger partial charge is 0.350 e. The molecule has 3 aromatic rings. The zero-order valence-corrected chi connectivity index (χ0v) is 20.7. The van der Waals surface area contributed by atoms with Crippen molar-refractivity contribution in [2.45, 2.75) is 37.2 Å². The zero-order chi connectivity index (χ0) is 25.1. The molecule has 1 saturated heterocycles. The monoisotopic (exact) mass is 491 g/mol. The number of hydrogen-bond acceptors (Lipinski definition) is 4. The SMILES string of the molecule is CCc1cccc(N2C(=O)CN(S(=O)(=O)c3ccccc3)C[C@@]2(C)C(=O)NCc2ccccc2)c1. The van der Waals surface area contributed by atoms with E-state index in [2.05, 4.69) is 5.32 Å². The van der Waals surface area contributed by atoms with Crippen LogP contribution < -0.4 is 10.2 Å². The van der Waals surface area contributed by atoms with Crippen LogP contribution in [0.5, 0.6) is 0 Å². The molecule has 0 radical (unpaired) electrons. The number of piperazine rings is 1. The van der Waals surface area contributed by atoms with Crippen LogP contribution in [0.2, 0.25) is 0 Å². The Balaban J connectivity index is 1.72. The normalized spacial score (nSPS) is 18.9. The van der Waals surface area contributed by atoms with Crippen LogP contribution in [0.4, 0.5) is 5.69 Å². The van der Waals surface area contributed by atoms with Crippen LogP contribution in [-0.4, -0.2) is 43.2 Å². The van der Waals surface area contributed by atoms with E-state index in [1.807, 2.05) is 55.5 Å². The number of nitrogens with one attached hydrogen (secondary N) is 1. The summed E-state index contributed by atoms with van der Waals surface area (Å²) in [5.41, 5.74) is 1.03. The number of amides is 2. The number of aryl methyl sites for hydroxylation is 1. The molecular formula is C27H29N3O4S. The molecule has 2 amide bonds. The number of hydrogen-bond donors (Lipinski definition) is 1. The van der Waals surface area contributed by atoms with Gasteiger partial charge in [0, 0.05) is 18.8 Å².